The maximum atomic E-state index is 12.8. The third kappa shape index (κ3) is 3.23. The number of aromatic nitrogens is 1. The van der Waals surface area contributed by atoms with E-state index in [1.807, 2.05) is 0 Å². The number of pyridine rings is 1. The molecule has 96 valence electrons. The molecule has 0 aliphatic rings. The van der Waals surface area contributed by atoms with Crippen LogP contribution in [0.25, 0.3) is 0 Å². The van der Waals surface area contributed by atoms with Crippen molar-refractivity contribution in [3.8, 4) is 6.07 Å². The van der Waals surface area contributed by atoms with Crippen molar-refractivity contribution in [2.24, 2.45) is 0 Å². The first kappa shape index (κ1) is 14.0. The van der Waals surface area contributed by atoms with Crippen LogP contribution in [-0.2, 0) is 16.0 Å². The predicted molar refractivity (Wildman–Crippen MR) is 59.0 cm³/mol. The van der Waals surface area contributed by atoms with Crippen molar-refractivity contribution in [2.75, 3.05) is 6.61 Å². The Morgan fingerprint density at radius 2 is 2.28 bits per heavy atom. The summed E-state index contributed by atoms with van der Waals surface area (Å²) in [6, 6.07) is 2.98. The van der Waals surface area contributed by atoms with Crippen LogP contribution in [0.3, 0.4) is 0 Å². The second-order valence-electron chi connectivity index (χ2n) is 3.58. The maximum absolute atomic E-state index is 12.8. The lowest BCUT2D eigenvalue weighted by atomic mass is 10.1. The van der Waals surface area contributed by atoms with Gasteiger partial charge in [0.15, 0.2) is 0 Å². The molecular weight excluding hydrogens is 242 g/mol. The first-order chi connectivity index (χ1) is 8.49. The highest BCUT2D eigenvalue weighted by Gasteiger charge is 2.19. The smallest absolute Gasteiger partial charge is 0.311 e. The first-order valence-electron chi connectivity index (χ1n) is 5.33. The van der Waals surface area contributed by atoms with Crippen LogP contribution < -0.4 is 0 Å². The van der Waals surface area contributed by atoms with Crippen LogP contribution >= 0.6 is 0 Å². The topological polar surface area (TPSA) is 63.0 Å². The van der Waals surface area contributed by atoms with Crippen LogP contribution in [0.4, 0.5) is 8.78 Å². The molecule has 18 heavy (non-hydrogen) atoms. The molecule has 4 nitrogen and oxygen atoms in total. The van der Waals surface area contributed by atoms with Gasteiger partial charge in [-0.2, -0.15) is 5.26 Å². The molecule has 0 bridgehead atoms. The molecule has 0 saturated carbocycles. The molecule has 0 N–H and O–H groups in total. The zero-order valence-electron chi connectivity index (χ0n) is 10.0. The summed E-state index contributed by atoms with van der Waals surface area (Å²) in [5.74, 6) is -0.639. The third-order valence-electron chi connectivity index (χ3n) is 2.28. The van der Waals surface area contributed by atoms with Crippen molar-refractivity contribution in [2.45, 2.75) is 26.7 Å². The molecule has 1 aromatic rings. The molecular formula is C12H12F2N2O2. The second kappa shape index (κ2) is 6.05. The molecule has 0 spiro atoms. The van der Waals surface area contributed by atoms with Crippen molar-refractivity contribution in [1.29, 1.82) is 5.26 Å². The van der Waals surface area contributed by atoms with Gasteiger partial charge in [0.1, 0.15) is 11.8 Å². The maximum Gasteiger partial charge on any atom is 0.311 e. The van der Waals surface area contributed by atoms with Gasteiger partial charge in [-0.05, 0) is 25.5 Å². The zero-order valence-corrected chi connectivity index (χ0v) is 10.0. The number of rotatable bonds is 4. The Morgan fingerprint density at radius 3 is 2.78 bits per heavy atom. The highest BCUT2D eigenvalue weighted by Crippen LogP contribution is 2.24. The molecule has 0 saturated heterocycles. The summed E-state index contributed by atoms with van der Waals surface area (Å²) >= 11 is 0. The Bertz CT molecular complexity index is 496. The number of esters is 1. The van der Waals surface area contributed by atoms with Gasteiger partial charge in [-0.15, -0.1) is 0 Å². The lowest BCUT2D eigenvalue weighted by Crippen LogP contribution is -2.12. The van der Waals surface area contributed by atoms with Crippen LogP contribution in [-0.4, -0.2) is 17.6 Å². The summed E-state index contributed by atoms with van der Waals surface area (Å²) < 4.78 is 30.3. The van der Waals surface area contributed by atoms with Crippen molar-refractivity contribution >= 4 is 5.97 Å². The van der Waals surface area contributed by atoms with Gasteiger partial charge in [0.2, 0.25) is 0 Å². The molecule has 0 fully saturated rings. The van der Waals surface area contributed by atoms with Crippen LogP contribution in [0.1, 0.15) is 35.9 Å². The fourth-order valence-electron chi connectivity index (χ4n) is 1.47. The van der Waals surface area contributed by atoms with E-state index in [9.17, 15) is 13.6 Å². The number of halogens is 2. The fourth-order valence-corrected chi connectivity index (χ4v) is 1.47. The van der Waals surface area contributed by atoms with E-state index in [0.29, 0.717) is 5.56 Å². The predicted octanol–water partition coefficient (Wildman–Crippen LogP) is 2.30. The molecule has 0 aliphatic heterocycles. The van der Waals surface area contributed by atoms with E-state index in [-0.39, 0.29) is 30.0 Å². The monoisotopic (exact) mass is 254 g/mol. The average Bonchev–Trinajstić information content (AvgIpc) is 2.30. The van der Waals surface area contributed by atoms with E-state index < -0.39 is 12.4 Å². The van der Waals surface area contributed by atoms with E-state index in [2.05, 4.69) is 9.72 Å². The Kier molecular flexibility index (Phi) is 4.72. The minimum absolute atomic E-state index is 0.0405. The Balaban J connectivity index is 3.15. The number of aryl methyl sites for hydroxylation is 1. The van der Waals surface area contributed by atoms with Gasteiger partial charge in [-0.25, -0.2) is 13.8 Å². The number of ether oxygens (including phenoxy) is 1. The van der Waals surface area contributed by atoms with E-state index in [0.717, 1.165) is 0 Å². The summed E-state index contributed by atoms with van der Waals surface area (Å²) in [4.78, 5) is 15.1. The van der Waals surface area contributed by atoms with Crippen molar-refractivity contribution < 1.29 is 18.3 Å². The lowest BCUT2D eigenvalue weighted by molar-refractivity contribution is -0.142. The fraction of sp³-hybridized carbons (Fsp3) is 0.417. The van der Waals surface area contributed by atoms with Gasteiger partial charge in [0.05, 0.1) is 18.7 Å². The number of hydrogen-bond acceptors (Lipinski definition) is 4. The summed E-state index contributed by atoms with van der Waals surface area (Å²) in [5, 5.41) is 8.79. The lowest BCUT2D eigenvalue weighted by Gasteiger charge is -2.09. The average molecular weight is 254 g/mol. The minimum atomic E-state index is -2.74. The largest absolute Gasteiger partial charge is 0.466 e. The van der Waals surface area contributed by atoms with Crippen LogP contribution in [0, 0.1) is 18.3 Å². The molecule has 1 heterocycles. The standard InChI is InChI=1S/C12H12F2N2O2/c1-3-18-11(17)5-9-8(12(13)14)4-7(2)10(6-15)16-9/h4,12H,3,5H2,1-2H3. The van der Waals surface area contributed by atoms with E-state index in [1.54, 1.807) is 13.0 Å². The summed E-state index contributed by atoms with van der Waals surface area (Å²) in [5.41, 5.74) is -0.0377. The number of nitriles is 1. The van der Waals surface area contributed by atoms with E-state index in [4.69, 9.17) is 5.26 Å². The third-order valence-corrected chi connectivity index (χ3v) is 2.28. The number of hydrogen-bond donors (Lipinski definition) is 0. The molecule has 1 aromatic heterocycles. The number of alkyl halides is 2. The van der Waals surface area contributed by atoms with Gasteiger partial charge in [0, 0.05) is 5.56 Å². The van der Waals surface area contributed by atoms with Crippen molar-refractivity contribution in [1.82, 2.24) is 4.98 Å². The molecule has 1 rings (SSSR count). The van der Waals surface area contributed by atoms with Gasteiger partial charge in [-0.3, -0.25) is 4.79 Å². The normalized spacial score (nSPS) is 10.2. The SMILES string of the molecule is CCOC(=O)Cc1nc(C#N)c(C)cc1C(F)F. The van der Waals surface area contributed by atoms with Crippen LogP contribution in [0.15, 0.2) is 6.07 Å². The molecule has 0 unspecified atom stereocenters. The number of nitrogens with zero attached hydrogens (tertiary/aromatic N) is 2. The molecule has 0 aromatic carbocycles. The molecule has 0 aliphatic carbocycles. The van der Waals surface area contributed by atoms with Crippen LogP contribution in [0.5, 0.6) is 0 Å². The highest BCUT2D eigenvalue weighted by molar-refractivity contribution is 5.72. The molecule has 0 atom stereocenters. The second-order valence-corrected chi connectivity index (χ2v) is 3.58. The molecule has 0 amide bonds. The van der Waals surface area contributed by atoms with Crippen molar-refractivity contribution in [3.05, 3.63) is 28.6 Å². The summed E-state index contributed by atoms with van der Waals surface area (Å²) in [7, 11) is 0. The highest BCUT2D eigenvalue weighted by atomic mass is 19.3. The van der Waals surface area contributed by atoms with Gasteiger partial charge >= 0.3 is 5.97 Å². The summed E-state index contributed by atoms with van der Waals surface area (Å²) in [6.07, 6.45) is -3.10. The Morgan fingerprint density at radius 1 is 1.61 bits per heavy atom. The Labute approximate surface area is 103 Å². The van der Waals surface area contributed by atoms with Gasteiger partial charge in [-0.1, -0.05) is 0 Å². The Hall–Kier alpha value is -2.03. The van der Waals surface area contributed by atoms with Gasteiger partial charge in [0.25, 0.3) is 6.43 Å². The zero-order chi connectivity index (χ0) is 13.7. The quantitative estimate of drug-likeness (QED) is 0.773. The summed E-state index contributed by atoms with van der Waals surface area (Å²) in [6.45, 7) is 3.31. The molecule has 6 heteroatoms. The van der Waals surface area contributed by atoms with E-state index in [1.165, 1.54) is 13.0 Å². The van der Waals surface area contributed by atoms with Crippen molar-refractivity contribution in [3.63, 3.8) is 0 Å². The first-order valence-corrected chi connectivity index (χ1v) is 5.33. The number of carbonyl (C=O) groups excluding carboxylic acids is 1. The minimum Gasteiger partial charge on any atom is -0.466 e. The van der Waals surface area contributed by atoms with Crippen LogP contribution in [0.2, 0.25) is 0 Å². The van der Waals surface area contributed by atoms with E-state index >= 15 is 0 Å². The number of carbonyl (C=O) groups is 1. The molecule has 0 radical (unpaired) electrons. The van der Waals surface area contributed by atoms with Gasteiger partial charge < -0.3 is 4.74 Å².